The smallest absolute Gasteiger partial charge is 0.169 e. The number of benzene rings is 4. The molecule has 2 nitrogen and oxygen atoms in total. The Hall–Kier alpha value is -3.36. The highest BCUT2D eigenvalue weighted by Crippen LogP contribution is 2.37. The van der Waals surface area contributed by atoms with E-state index in [2.05, 4.69) is 36.4 Å². The van der Waals surface area contributed by atoms with E-state index in [9.17, 15) is 0 Å². The van der Waals surface area contributed by atoms with Gasteiger partial charge in [-0.05, 0) is 28.8 Å². The molecule has 0 bridgehead atoms. The van der Waals surface area contributed by atoms with Crippen LogP contribution in [-0.2, 0) is 16.9 Å². The number of hydrogen-bond acceptors (Lipinski definition) is 2. The molecule has 0 atom stereocenters. The number of hydrogen-bond donors (Lipinski definition) is 0. The van der Waals surface area contributed by atoms with Crippen molar-refractivity contribution in [2.75, 3.05) is 0 Å². The SMILES string of the molecule is c1ccc(CC(OOc2ccccc2)(c2ccccc2)c2ccccc2)cc1. The average molecular weight is 366 g/mol. The van der Waals surface area contributed by atoms with Gasteiger partial charge in [-0.2, -0.15) is 4.89 Å². The lowest BCUT2D eigenvalue weighted by atomic mass is 9.81. The molecule has 138 valence electrons. The average Bonchev–Trinajstić information content (AvgIpc) is 2.79. The molecule has 0 unspecified atom stereocenters. The molecule has 0 saturated heterocycles. The van der Waals surface area contributed by atoms with Gasteiger partial charge in [0.05, 0.1) is 0 Å². The van der Waals surface area contributed by atoms with Gasteiger partial charge in [0.2, 0.25) is 0 Å². The van der Waals surface area contributed by atoms with E-state index in [1.54, 1.807) is 0 Å². The van der Waals surface area contributed by atoms with Crippen molar-refractivity contribution in [2.45, 2.75) is 12.0 Å². The number of para-hydroxylation sites is 1. The second kappa shape index (κ2) is 8.55. The van der Waals surface area contributed by atoms with Crippen molar-refractivity contribution in [3.8, 4) is 5.75 Å². The first-order chi connectivity index (χ1) is 13.9. The summed E-state index contributed by atoms with van der Waals surface area (Å²) in [5, 5.41) is 0. The highest BCUT2D eigenvalue weighted by Gasteiger charge is 2.38. The molecule has 0 saturated carbocycles. The Bertz CT molecular complexity index is 928. The first-order valence-corrected chi connectivity index (χ1v) is 9.42. The summed E-state index contributed by atoms with van der Waals surface area (Å²) in [5.41, 5.74) is 2.48. The monoisotopic (exact) mass is 366 g/mol. The third-order valence-electron chi connectivity index (χ3n) is 4.80. The molecule has 2 heteroatoms. The fourth-order valence-electron chi connectivity index (χ4n) is 3.39. The van der Waals surface area contributed by atoms with Crippen molar-refractivity contribution in [3.63, 3.8) is 0 Å². The third-order valence-corrected chi connectivity index (χ3v) is 4.80. The van der Waals surface area contributed by atoms with Crippen molar-refractivity contribution in [1.82, 2.24) is 0 Å². The number of rotatable bonds is 7. The minimum absolute atomic E-state index is 0.648. The lowest BCUT2D eigenvalue weighted by Crippen LogP contribution is -2.35. The Kier molecular flexibility index (Phi) is 5.51. The van der Waals surface area contributed by atoms with Crippen LogP contribution in [0.4, 0.5) is 0 Å². The van der Waals surface area contributed by atoms with Crippen LogP contribution in [0.25, 0.3) is 0 Å². The zero-order chi connectivity index (χ0) is 19.1. The zero-order valence-corrected chi connectivity index (χ0v) is 15.6. The van der Waals surface area contributed by atoms with Crippen LogP contribution in [-0.4, -0.2) is 0 Å². The summed E-state index contributed by atoms with van der Waals surface area (Å²) in [5.74, 6) is 0.673. The molecule has 0 radical (unpaired) electrons. The third kappa shape index (κ3) is 3.98. The standard InChI is InChI=1S/C26H22O2/c1-5-13-22(14-6-1)21-26(23-15-7-2-8-16-23,24-17-9-3-10-18-24)28-27-25-19-11-4-12-20-25/h1-20H,21H2. The molecule has 28 heavy (non-hydrogen) atoms. The largest absolute Gasteiger partial charge is 0.336 e. The minimum Gasteiger partial charge on any atom is -0.336 e. The maximum Gasteiger partial charge on any atom is 0.169 e. The Labute approximate surface area is 165 Å². The highest BCUT2D eigenvalue weighted by atomic mass is 17.2. The predicted molar refractivity (Wildman–Crippen MR) is 112 cm³/mol. The Balaban J connectivity index is 1.81. The second-order valence-electron chi connectivity index (χ2n) is 6.70. The molecule has 0 aliphatic heterocycles. The van der Waals surface area contributed by atoms with Crippen LogP contribution in [0.5, 0.6) is 5.75 Å². The van der Waals surface area contributed by atoms with Crippen molar-refractivity contribution >= 4 is 0 Å². The van der Waals surface area contributed by atoms with Gasteiger partial charge < -0.3 is 4.89 Å². The van der Waals surface area contributed by atoms with Gasteiger partial charge in [0.25, 0.3) is 0 Å². The first kappa shape index (κ1) is 18.0. The Morgan fingerprint density at radius 3 is 1.43 bits per heavy atom. The van der Waals surface area contributed by atoms with Crippen LogP contribution in [0.15, 0.2) is 121 Å². The molecule has 0 heterocycles. The Morgan fingerprint density at radius 1 is 0.500 bits per heavy atom. The maximum atomic E-state index is 6.29. The van der Waals surface area contributed by atoms with Crippen molar-refractivity contribution < 1.29 is 9.78 Å². The van der Waals surface area contributed by atoms with Gasteiger partial charge in [0.1, 0.15) is 0 Å². The van der Waals surface area contributed by atoms with Gasteiger partial charge in [-0.15, -0.1) is 0 Å². The lowest BCUT2D eigenvalue weighted by Gasteiger charge is -2.33. The van der Waals surface area contributed by atoms with Crippen molar-refractivity contribution in [1.29, 1.82) is 0 Å². The molecular formula is C26H22O2. The first-order valence-electron chi connectivity index (χ1n) is 9.42. The highest BCUT2D eigenvalue weighted by molar-refractivity contribution is 5.39. The van der Waals surface area contributed by atoms with E-state index in [4.69, 9.17) is 9.78 Å². The van der Waals surface area contributed by atoms with E-state index in [1.165, 1.54) is 5.56 Å². The summed E-state index contributed by atoms with van der Waals surface area (Å²) < 4.78 is 0. The van der Waals surface area contributed by atoms with Gasteiger partial charge >= 0.3 is 0 Å². The Morgan fingerprint density at radius 2 is 0.929 bits per heavy atom. The quantitative estimate of drug-likeness (QED) is 0.287. The van der Waals surface area contributed by atoms with Gasteiger partial charge in [-0.25, -0.2) is 0 Å². The molecule has 0 aliphatic rings. The van der Waals surface area contributed by atoms with Crippen molar-refractivity contribution in [3.05, 3.63) is 138 Å². The van der Waals surface area contributed by atoms with Crippen molar-refractivity contribution in [2.24, 2.45) is 0 Å². The zero-order valence-electron chi connectivity index (χ0n) is 15.6. The van der Waals surface area contributed by atoms with E-state index in [0.717, 1.165) is 11.1 Å². The van der Waals surface area contributed by atoms with E-state index in [0.29, 0.717) is 12.2 Å². The van der Waals surface area contributed by atoms with E-state index in [1.807, 2.05) is 84.9 Å². The van der Waals surface area contributed by atoms with Crippen LogP contribution in [0, 0.1) is 0 Å². The summed E-state index contributed by atoms with van der Waals surface area (Å²) in [6, 6.07) is 40.5. The van der Waals surface area contributed by atoms with Crippen LogP contribution < -0.4 is 4.89 Å². The minimum atomic E-state index is -0.778. The molecule has 4 rings (SSSR count). The molecule has 0 fully saturated rings. The fourth-order valence-corrected chi connectivity index (χ4v) is 3.39. The molecule has 0 aliphatic carbocycles. The molecular weight excluding hydrogens is 344 g/mol. The summed E-state index contributed by atoms with van der Waals surface area (Å²) in [4.78, 5) is 12.1. The predicted octanol–water partition coefficient (Wildman–Crippen LogP) is 6.18. The van der Waals surface area contributed by atoms with Gasteiger partial charge in [0.15, 0.2) is 11.4 Å². The molecule has 0 N–H and O–H groups in total. The molecule has 4 aromatic rings. The van der Waals surface area contributed by atoms with Crippen LogP contribution in [0.3, 0.4) is 0 Å². The van der Waals surface area contributed by atoms with E-state index in [-0.39, 0.29) is 0 Å². The molecule has 0 amide bonds. The van der Waals surface area contributed by atoms with Crippen LogP contribution >= 0.6 is 0 Å². The van der Waals surface area contributed by atoms with Gasteiger partial charge in [-0.3, -0.25) is 0 Å². The lowest BCUT2D eigenvalue weighted by molar-refractivity contribution is -0.283. The van der Waals surface area contributed by atoms with E-state index >= 15 is 0 Å². The maximum absolute atomic E-state index is 6.29. The van der Waals surface area contributed by atoms with Crippen LogP contribution in [0.1, 0.15) is 16.7 Å². The van der Waals surface area contributed by atoms with E-state index < -0.39 is 5.60 Å². The fraction of sp³-hybridized carbons (Fsp3) is 0.0769. The summed E-state index contributed by atoms with van der Waals surface area (Å²) in [6.07, 6.45) is 0.648. The molecule has 0 spiro atoms. The van der Waals surface area contributed by atoms with Gasteiger partial charge in [0, 0.05) is 6.42 Å². The summed E-state index contributed by atoms with van der Waals surface area (Å²) in [6.45, 7) is 0. The second-order valence-corrected chi connectivity index (χ2v) is 6.70. The summed E-state index contributed by atoms with van der Waals surface area (Å²) >= 11 is 0. The van der Waals surface area contributed by atoms with Crippen LogP contribution in [0.2, 0.25) is 0 Å². The van der Waals surface area contributed by atoms with Gasteiger partial charge in [-0.1, -0.05) is 109 Å². The molecule has 0 aromatic heterocycles. The topological polar surface area (TPSA) is 18.5 Å². The normalized spacial score (nSPS) is 11.1. The molecule has 4 aromatic carbocycles. The summed E-state index contributed by atoms with van der Waals surface area (Å²) in [7, 11) is 0.